The van der Waals surface area contributed by atoms with Crippen LogP contribution < -0.4 is 14.3 Å². The summed E-state index contributed by atoms with van der Waals surface area (Å²) in [5.41, 5.74) is 10.7. The van der Waals surface area contributed by atoms with Crippen LogP contribution in [0.2, 0.25) is 0 Å². The summed E-state index contributed by atoms with van der Waals surface area (Å²) in [5.74, 6) is 1.26. The molecule has 2 heterocycles. The molecule has 0 bridgehead atoms. The van der Waals surface area contributed by atoms with Crippen LogP contribution in [0.25, 0.3) is 0 Å². The molecule has 0 fully saturated rings. The predicted octanol–water partition coefficient (Wildman–Crippen LogP) is 14.6. The first-order valence-electron chi connectivity index (χ1n) is 30.0. The van der Waals surface area contributed by atoms with Gasteiger partial charge in [0.1, 0.15) is 17.4 Å². The highest BCUT2D eigenvalue weighted by atomic mass is 32.2. The van der Waals surface area contributed by atoms with E-state index in [2.05, 4.69) is 114 Å². The summed E-state index contributed by atoms with van der Waals surface area (Å²) in [7, 11) is -1.82. The summed E-state index contributed by atoms with van der Waals surface area (Å²) in [6, 6.07) is 46.2. The van der Waals surface area contributed by atoms with Gasteiger partial charge in [-0.2, -0.15) is 0 Å². The molecule has 0 saturated carbocycles. The van der Waals surface area contributed by atoms with Crippen LogP contribution in [0.3, 0.4) is 0 Å². The maximum Gasteiger partial charge on any atom is 0.270 e. The number of aromatic nitrogens is 4. The minimum atomic E-state index is -3.77. The van der Waals surface area contributed by atoms with Gasteiger partial charge in [0.2, 0.25) is 15.9 Å². The van der Waals surface area contributed by atoms with Crippen molar-refractivity contribution in [2.75, 3.05) is 4.90 Å². The molecule has 2 unspecified atom stereocenters. The Morgan fingerprint density at radius 3 is 2.16 bits per heavy atom. The van der Waals surface area contributed by atoms with Crippen LogP contribution in [0, 0.1) is 16.0 Å². The number of benzene rings is 6. The lowest BCUT2D eigenvalue weighted by Crippen LogP contribution is -2.33. The van der Waals surface area contributed by atoms with Gasteiger partial charge in [0, 0.05) is 97.4 Å². The molecule has 442 valence electrons. The SMILES string of the molecule is CC(c1ccc2c(c1)[C@@H](NS(=O)(=O)c1ccccc1)CCC2)C(CCc1cnc(Cc2ccccc2[C@@H](C)CC(=O)N(Cc2nccn2C)c2ccc3c(c2)[C@H](NSc2cccc([N+](=O)[O-])c2)CCC3)n1C(C)C)C(=O)C[C@@H](C)c1ccccc1. The van der Waals surface area contributed by atoms with Crippen molar-refractivity contribution >= 4 is 45.0 Å². The molecule has 6 aromatic carbocycles. The molecule has 2 N–H and O–H groups in total. The summed E-state index contributed by atoms with van der Waals surface area (Å²) in [4.78, 5) is 53.7. The fraction of sp³-hybridized carbons (Fsp3) is 0.362. The second-order valence-corrected chi connectivity index (χ2v) is 26.2. The smallest absolute Gasteiger partial charge is 0.270 e. The number of anilines is 1. The number of nitro groups is 1. The Balaban J connectivity index is 0.878. The number of aryl methyl sites for hydroxylation is 4. The summed E-state index contributed by atoms with van der Waals surface area (Å²) < 4.78 is 38.2. The van der Waals surface area contributed by atoms with E-state index in [0.717, 1.165) is 99.0 Å². The van der Waals surface area contributed by atoms with Crippen LogP contribution in [-0.4, -0.2) is 44.1 Å². The van der Waals surface area contributed by atoms with Gasteiger partial charge >= 0.3 is 0 Å². The minimum absolute atomic E-state index is 0.0260. The monoisotopic (exact) mass is 1180 g/mol. The maximum absolute atomic E-state index is 15.0. The highest BCUT2D eigenvalue weighted by Gasteiger charge is 2.33. The van der Waals surface area contributed by atoms with Crippen LogP contribution in [0.1, 0.15) is 177 Å². The number of carbonyl (C=O) groups is 2. The molecular formula is C69H78N8O6S2. The van der Waals surface area contributed by atoms with Crippen LogP contribution in [0.5, 0.6) is 0 Å². The number of fused-ring (bicyclic) bond motifs is 2. The normalized spacial score (nSPS) is 16.5. The van der Waals surface area contributed by atoms with Crippen molar-refractivity contribution in [1.29, 1.82) is 0 Å². The summed E-state index contributed by atoms with van der Waals surface area (Å²) in [6.45, 7) is 11.0. The number of rotatable bonds is 25. The number of nitrogens with zero attached hydrogens (tertiary/aromatic N) is 6. The zero-order valence-electron chi connectivity index (χ0n) is 49.6. The average Bonchev–Trinajstić information content (AvgIpc) is 4.27. The summed E-state index contributed by atoms with van der Waals surface area (Å²) >= 11 is 1.39. The zero-order chi connectivity index (χ0) is 59.8. The number of hydrogen-bond acceptors (Lipinski definition) is 10. The second kappa shape index (κ2) is 27.3. The van der Waals surface area contributed by atoms with Gasteiger partial charge in [-0.15, -0.1) is 0 Å². The Kier molecular flexibility index (Phi) is 19.4. The van der Waals surface area contributed by atoms with E-state index >= 15 is 0 Å². The molecular weight excluding hydrogens is 1100 g/mol. The number of carbonyl (C=O) groups excluding carboxylic acids is 2. The standard InChI is InChI=1S/C69H78N8O6S2/c1-46(2)76-57(34-35-61(66(78)38-47(3)50-18-9-7-10-19-50)49(5)53-31-30-51-22-16-29-65(62(51)40-53)73-85(82,83)59-25-11-8-12-26-59)44-71-67(76)41-54-20-13-14-27-60(54)48(4)39-69(79)75(45-68-70-36-37-74(68)6)55-33-32-52-21-15-28-64(63(52)43-55)72-84-58-24-17-23-56(42-58)77(80)81/h7-14,17-20,23-27,30-33,36-37,40,42-44,46-49,61,64-65,72-73H,15-16,21-22,28-29,34-35,38-39,41,45H2,1-6H3/t47-,48+,49?,61?,64-,65+/m1/s1. The third kappa shape index (κ3) is 14.4. The molecule has 16 heteroatoms. The van der Waals surface area contributed by atoms with Crippen LogP contribution in [-0.2, 0) is 58.9 Å². The van der Waals surface area contributed by atoms with Gasteiger partial charge in [-0.05, 0) is 170 Å². The highest BCUT2D eigenvalue weighted by Crippen LogP contribution is 2.40. The van der Waals surface area contributed by atoms with E-state index in [0.29, 0.717) is 32.1 Å². The molecule has 0 spiro atoms. The Morgan fingerprint density at radius 1 is 0.753 bits per heavy atom. The number of amides is 1. The number of non-ortho nitro benzene ring substituents is 1. The first-order valence-corrected chi connectivity index (χ1v) is 32.3. The van der Waals surface area contributed by atoms with Crippen molar-refractivity contribution in [1.82, 2.24) is 28.5 Å². The van der Waals surface area contributed by atoms with Crippen molar-refractivity contribution in [2.45, 2.75) is 157 Å². The van der Waals surface area contributed by atoms with E-state index in [9.17, 15) is 28.1 Å². The van der Waals surface area contributed by atoms with Crippen molar-refractivity contribution in [2.24, 2.45) is 13.0 Å². The van der Waals surface area contributed by atoms with Crippen LogP contribution in [0.15, 0.2) is 174 Å². The quantitative estimate of drug-likeness (QED) is 0.0318. The molecule has 8 aromatic rings. The van der Waals surface area contributed by atoms with Gasteiger partial charge in [-0.25, -0.2) is 23.1 Å². The molecule has 1 amide bonds. The lowest BCUT2D eigenvalue weighted by atomic mass is 9.77. The molecule has 14 nitrogen and oxygen atoms in total. The molecule has 2 aliphatic rings. The number of imidazole rings is 2. The third-order valence-corrected chi connectivity index (χ3v) is 19.9. The molecule has 85 heavy (non-hydrogen) atoms. The molecule has 0 saturated heterocycles. The fourth-order valence-corrected chi connectivity index (χ4v) is 14.9. The van der Waals surface area contributed by atoms with Crippen molar-refractivity contribution in [3.63, 3.8) is 0 Å². The summed E-state index contributed by atoms with van der Waals surface area (Å²) in [6.07, 6.45) is 13.3. The van der Waals surface area contributed by atoms with E-state index in [1.807, 2.05) is 71.4 Å². The first kappa shape index (κ1) is 60.6. The fourth-order valence-electron chi connectivity index (χ4n) is 12.8. The number of nitrogens with one attached hydrogen (secondary N) is 2. The lowest BCUT2D eigenvalue weighted by Gasteiger charge is -2.30. The highest BCUT2D eigenvalue weighted by molar-refractivity contribution is 7.97. The Labute approximate surface area is 505 Å². The molecule has 2 aliphatic carbocycles. The van der Waals surface area contributed by atoms with Crippen LogP contribution >= 0.6 is 11.9 Å². The Morgan fingerprint density at radius 2 is 1.45 bits per heavy atom. The molecule has 0 radical (unpaired) electrons. The van der Waals surface area contributed by atoms with E-state index in [4.69, 9.17) is 4.98 Å². The van der Waals surface area contributed by atoms with E-state index < -0.39 is 10.0 Å². The molecule has 6 atom stereocenters. The van der Waals surface area contributed by atoms with Gasteiger partial charge in [0.15, 0.2) is 0 Å². The van der Waals surface area contributed by atoms with E-state index in [-0.39, 0.29) is 82.0 Å². The second-order valence-electron chi connectivity index (χ2n) is 23.6. The molecule has 0 aliphatic heterocycles. The van der Waals surface area contributed by atoms with Crippen LogP contribution in [0.4, 0.5) is 11.4 Å². The van der Waals surface area contributed by atoms with Crippen molar-refractivity contribution in [3.05, 3.63) is 236 Å². The number of hydrogen-bond donors (Lipinski definition) is 2. The van der Waals surface area contributed by atoms with Gasteiger partial charge in [0.25, 0.3) is 5.69 Å². The van der Waals surface area contributed by atoms with Gasteiger partial charge in [-0.3, -0.25) is 24.4 Å². The predicted molar refractivity (Wildman–Crippen MR) is 337 cm³/mol. The van der Waals surface area contributed by atoms with Gasteiger partial charge < -0.3 is 14.0 Å². The van der Waals surface area contributed by atoms with Gasteiger partial charge in [-0.1, -0.05) is 124 Å². The number of nitro benzene ring substituents is 1. The Bertz CT molecular complexity index is 3750. The summed E-state index contributed by atoms with van der Waals surface area (Å²) in [5, 5.41) is 11.5. The number of ketones is 1. The van der Waals surface area contributed by atoms with Crippen molar-refractivity contribution < 1.29 is 22.9 Å². The minimum Gasteiger partial charge on any atom is -0.337 e. The average molecular weight is 1180 g/mol. The zero-order valence-corrected chi connectivity index (χ0v) is 51.2. The first-order chi connectivity index (χ1) is 41.0. The van der Waals surface area contributed by atoms with Crippen molar-refractivity contribution in [3.8, 4) is 0 Å². The molecule has 10 rings (SSSR count). The van der Waals surface area contributed by atoms with Gasteiger partial charge in [0.05, 0.1) is 16.4 Å². The third-order valence-electron chi connectivity index (χ3n) is 17.5. The van der Waals surface area contributed by atoms with E-state index in [1.165, 1.54) is 23.6 Å². The maximum atomic E-state index is 15.0. The number of sulfonamides is 1. The molecule has 2 aromatic heterocycles. The largest absolute Gasteiger partial charge is 0.337 e. The van der Waals surface area contributed by atoms with E-state index in [1.54, 1.807) is 42.6 Å². The topological polar surface area (TPSA) is 174 Å². The Hall–Kier alpha value is -7.50. The number of Topliss-reactive ketones (excluding diaryl/α,β-unsaturated/α-hetero) is 1. The lowest BCUT2D eigenvalue weighted by molar-refractivity contribution is -0.385.